The normalized spacial score (nSPS) is 12.5. The number of nitrogens with zero attached hydrogens (tertiary/aromatic N) is 2. The Bertz CT molecular complexity index is 855. The molecule has 3 aromatic rings. The molecule has 0 fully saturated rings. The van der Waals surface area contributed by atoms with Crippen molar-refractivity contribution < 1.29 is 9.21 Å². The number of furan rings is 1. The summed E-state index contributed by atoms with van der Waals surface area (Å²) in [5, 5.41) is 3.80. The first-order valence-electron chi connectivity index (χ1n) is 7.67. The summed E-state index contributed by atoms with van der Waals surface area (Å²) in [6, 6.07) is 7.49. The van der Waals surface area contributed by atoms with E-state index in [9.17, 15) is 4.79 Å². The van der Waals surface area contributed by atoms with Crippen LogP contribution in [0.4, 0.5) is 0 Å². The van der Waals surface area contributed by atoms with Gasteiger partial charge in [0.2, 0.25) is 0 Å². The standard InChI is InChI=1S/C17H18ClN3O2S2/c1-10-15(25-17(20-10)13-6-7-14(18)24-13)16(22)19-9-11(21(2)3)12-5-4-8-23-12/h4-8,11H,9H2,1-3H3,(H,19,22). The zero-order valence-electron chi connectivity index (χ0n) is 14.1. The summed E-state index contributed by atoms with van der Waals surface area (Å²) in [5.41, 5.74) is 0.724. The van der Waals surface area contributed by atoms with Crippen LogP contribution in [0.15, 0.2) is 34.9 Å². The SMILES string of the molecule is Cc1nc(-c2ccc(Cl)s2)sc1C(=O)NCC(c1ccco1)N(C)C. The number of likely N-dealkylation sites (N-methyl/N-ethyl adjacent to an activating group) is 1. The van der Waals surface area contributed by atoms with E-state index in [-0.39, 0.29) is 11.9 Å². The molecule has 0 saturated carbocycles. The molecule has 1 N–H and O–H groups in total. The average molecular weight is 396 g/mol. The summed E-state index contributed by atoms with van der Waals surface area (Å²) in [6.45, 7) is 2.30. The second-order valence-electron chi connectivity index (χ2n) is 5.74. The molecule has 0 bridgehead atoms. The van der Waals surface area contributed by atoms with Gasteiger partial charge in [0.15, 0.2) is 0 Å². The number of halogens is 1. The van der Waals surface area contributed by atoms with Crippen LogP contribution in [0.3, 0.4) is 0 Å². The highest BCUT2D eigenvalue weighted by molar-refractivity contribution is 7.24. The fourth-order valence-electron chi connectivity index (χ4n) is 2.43. The number of carbonyl (C=O) groups is 1. The third kappa shape index (κ3) is 4.12. The molecule has 3 rings (SSSR count). The molecule has 0 spiro atoms. The van der Waals surface area contributed by atoms with Gasteiger partial charge in [-0.25, -0.2) is 4.98 Å². The Balaban J connectivity index is 1.72. The first-order chi connectivity index (χ1) is 12.0. The van der Waals surface area contributed by atoms with E-state index in [0.717, 1.165) is 21.3 Å². The van der Waals surface area contributed by atoms with Gasteiger partial charge in [0.05, 0.1) is 27.2 Å². The number of aryl methyl sites for hydroxylation is 1. The first kappa shape index (κ1) is 18.1. The van der Waals surface area contributed by atoms with Gasteiger partial charge in [0.25, 0.3) is 5.91 Å². The van der Waals surface area contributed by atoms with Crippen molar-refractivity contribution in [3.05, 3.63) is 51.2 Å². The second kappa shape index (κ2) is 7.70. The van der Waals surface area contributed by atoms with Crippen molar-refractivity contribution >= 4 is 40.2 Å². The lowest BCUT2D eigenvalue weighted by atomic mass is 10.2. The predicted octanol–water partition coefficient (Wildman–Crippen LogP) is 4.46. The van der Waals surface area contributed by atoms with Crippen LogP contribution in [-0.2, 0) is 0 Å². The molecule has 1 atom stereocenters. The van der Waals surface area contributed by atoms with Crippen LogP contribution in [0, 0.1) is 6.92 Å². The lowest BCUT2D eigenvalue weighted by Gasteiger charge is -2.22. The molecule has 0 saturated heterocycles. The van der Waals surface area contributed by atoms with Gasteiger partial charge in [0.1, 0.15) is 15.6 Å². The molecule has 0 radical (unpaired) electrons. The molecule has 0 aliphatic carbocycles. The Hall–Kier alpha value is -1.67. The van der Waals surface area contributed by atoms with Crippen LogP contribution in [0.2, 0.25) is 4.34 Å². The average Bonchev–Trinajstić information content (AvgIpc) is 3.28. The fraction of sp³-hybridized carbons (Fsp3) is 0.294. The molecule has 132 valence electrons. The number of thiophene rings is 1. The highest BCUT2D eigenvalue weighted by Gasteiger charge is 2.21. The van der Waals surface area contributed by atoms with Crippen molar-refractivity contribution in [1.29, 1.82) is 0 Å². The highest BCUT2D eigenvalue weighted by atomic mass is 35.5. The number of carbonyl (C=O) groups excluding carboxylic acids is 1. The van der Waals surface area contributed by atoms with Gasteiger partial charge >= 0.3 is 0 Å². The Morgan fingerprint density at radius 1 is 1.36 bits per heavy atom. The van der Waals surface area contributed by atoms with E-state index >= 15 is 0 Å². The smallest absolute Gasteiger partial charge is 0.263 e. The quantitative estimate of drug-likeness (QED) is 0.669. The van der Waals surface area contributed by atoms with E-state index in [1.807, 2.05) is 50.2 Å². The molecular weight excluding hydrogens is 378 g/mol. The number of rotatable bonds is 6. The van der Waals surface area contributed by atoms with E-state index in [0.29, 0.717) is 15.8 Å². The third-order valence-electron chi connectivity index (χ3n) is 3.74. The topological polar surface area (TPSA) is 58.4 Å². The molecule has 0 aromatic carbocycles. The maximum Gasteiger partial charge on any atom is 0.263 e. The van der Waals surface area contributed by atoms with Crippen molar-refractivity contribution in [3.63, 3.8) is 0 Å². The minimum atomic E-state index is -0.123. The van der Waals surface area contributed by atoms with Crippen LogP contribution < -0.4 is 5.32 Å². The number of aromatic nitrogens is 1. The number of nitrogens with one attached hydrogen (secondary N) is 1. The molecular formula is C17H18ClN3O2S2. The van der Waals surface area contributed by atoms with E-state index in [4.69, 9.17) is 16.0 Å². The van der Waals surface area contributed by atoms with Crippen LogP contribution in [0.25, 0.3) is 9.88 Å². The van der Waals surface area contributed by atoms with E-state index in [2.05, 4.69) is 10.3 Å². The van der Waals surface area contributed by atoms with Crippen molar-refractivity contribution in [2.75, 3.05) is 20.6 Å². The largest absolute Gasteiger partial charge is 0.468 e. The number of hydrogen-bond acceptors (Lipinski definition) is 6. The molecule has 0 aliphatic heterocycles. The van der Waals surface area contributed by atoms with E-state index in [1.165, 1.54) is 22.7 Å². The first-order valence-corrected chi connectivity index (χ1v) is 9.68. The summed E-state index contributed by atoms with van der Waals surface area (Å²) in [5.74, 6) is 0.697. The lowest BCUT2D eigenvalue weighted by molar-refractivity contribution is 0.0942. The van der Waals surface area contributed by atoms with Crippen LogP contribution >= 0.6 is 34.3 Å². The molecule has 8 heteroatoms. The summed E-state index contributed by atoms with van der Waals surface area (Å²) < 4.78 is 6.18. The van der Waals surface area contributed by atoms with Crippen molar-refractivity contribution in [2.45, 2.75) is 13.0 Å². The molecule has 3 heterocycles. The Morgan fingerprint density at radius 2 is 2.16 bits per heavy atom. The van der Waals surface area contributed by atoms with E-state index in [1.54, 1.807) is 6.26 Å². The lowest BCUT2D eigenvalue weighted by Crippen LogP contribution is -2.34. The molecule has 3 aromatic heterocycles. The Morgan fingerprint density at radius 3 is 2.76 bits per heavy atom. The summed E-state index contributed by atoms with van der Waals surface area (Å²) >= 11 is 8.83. The molecule has 0 aliphatic rings. The fourth-order valence-corrected chi connectivity index (χ4v) is 4.51. The van der Waals surface area contributed by atoms with Crippen LogP contribution in [0.5, 0.6) is 0 Å². The maximum atomic E-state index is 12.6. The summed E-state index contributed by atoms with van der Waals surface area (Å²) in [4.78, 5) is 20.7. The molecule has 1 unspecified atom stereocenters. The highest BCUT2D eigenvalue weighted by Crippen LogP contribution is 2.34. The van der Waals surface area contributed by atoms with Gasteiger partial charge in [-0.1, -0.05) is 11.6 Å². The minimum Gasteiger partial charge on any atom is -0.468 e. The zero-order valence-corrected chi connectivity index (χ0v) is 16.5. The van der Waals surface area contributed by atoms with Crippen molar-refractivity contribution in [3.8, 4) is 9.88 Å². The molecule has 25 heavy (non-hydrogen) atoms. The predicted molar refractivity (Wildman–Crippen MR) is 103 cm³/mol. The van der Waals surface area contributed by atoms with Gasteiger partial charge in [-0.15, -0.1) is 22.7 Å². The summed E-state index contributed by atoms with van der Waals surface area (Å²) in [6.07, 6.45) is 1.64. The molecule has 1 amide bonds. The monoisotopic (exact) mass is 395 g/mol. The second-order valence-corrected chi connectivity index (χ2v) is 8.46. The van der Waals surface area contributed by atoms with Crippen LogP contribution in [0.1, 0.15) is 27.2 Å². The van der Waals surface area contributed by atoms with E-state index < -0.39 is 0 Å². The van der Waals surface area contributed by atoms with Gasteiger partial charge in [-0.3, -0.25) is 9.69 Å². The van der Waals surface area contributed by atoms with Crippen molar-refractivity contribution in [1.82, 2.24) is 15.2 Å². The number of thiazole rings is 1. The van der Waals surface area contributed by atoms with Gasteiger partial charge in [-0.05, 0) is 45.3 Å². The zero-order chi connectivity index (χ0) is 18.0. The van der Waals surface area contributed by atoms with Crippen molar-refractivity contribution in [2.24, 2.45) is 0 Å². The van der Waals surface area contributed by atoms with Crippen LogP contribution in [-0.4, -0.2) is 36.4 Å². The third-order valence-corrected chi connectivity index (χ3v) is 6.29. The Labute approximate surface area is 159 Å². The van der Waals surface area contributed by atoms with Gasteiger partial charge in [-0.2, -0.15) is 0 Å². The Kier molecular flexibility index (Phi) is 5.58. The maximum absolute atomic E-state index is 12.6. The number of amides is 1. The van der Waals surface area contributed by atoms with Gasteiger partial charge < -0.3 is 9.73 Å². The summed E-state index contributed by atoms with van der Waals surface area (Å²) in [7, 11) is 3.91. The van der Waals surface area contributed by atoms with Gasteiger partial charge in [0, 0.05) is 6.54 Å². The molecule has 5 nitrogen and oxygen atoms in total. The number of hydrogen-bond donors (Lipinski definition) is 1. The minimum absolute atomic E-state index is 0.0252.